The number of carbonyl (C=O) groups is 1. The summed E-state index contributed by atoms with van der Waals surface area (Å²) in [5.41, 5.74) is 0.872. The van der Waals surface area contributed by atoms with Gasteiger partial charge in [0.2, 0.25) is 5.91 Å². The lowest BCUT2D eigenvalue weighted by Crippen LogP contribution is -2.33. The van der Waals surface area contributed by atoms with Gasteiger partial charge in [-0.1, -0.05) is 12.1 Å². The Morgan fingerprint density at radius 1 is 1.29 bits per heavy atom. The maximum atomic E-state index is 11.4. The molecule has 116 valence electrons. The Hall–Kier alpha value is -1.75. The third-order valence-corrected chi connectivity index (χ3v) is 3.81. The molecule has 1 aromatic carbocycles. The Morgan fingerprint density at radius 3 is 2.81 bits per heavy atom. The number of carbonyl (C=O) groups excluding carboxylic acids is 1. The monoisotopic (exact) mass is 292 g/mol. The molecule has 1 aliphatic rings. The summed E-state index contributed by atoms with van der Waals surface area (Å²) in [5, 5.41) is 10.2. The summed E-state index contributed by atoms with van der Waals surface area (Å²) in [6, 6.07) is 5.60. The van der Waals surface area contributed by atoms with Crippen LogP contribution in [0.3, 0.4) is 0 Å². The van der Waals surface area contributed by atoms with Crippen molar-refractivity contribution in [3.8, 4) is 11.5 Å². The zero-order valence-corrected chi connectivity index (χ0v) is 12.8. The lowest BCUT2D eigenvalue weighted by molar-refractivity contribution is -0.128. The van der Waals surface area contributed by atoms with Crippen molar-refractivity contribution in [2.45, 2.75) is 26.8 Å². The molecule has 1 N–H and O–H groups in total. The third-order valence-electron chi connectivity index (χ3n) is 3.81. The Balaban J connectivity index is 2.01. The molecule has 0 atom stereocenters. The highest BCUT2D eigenvalue weighted by Crippen LogP contribution is 2.30. The van der Waals surface area contributed by atoms with Crippen LogP contribution in [0.5, 0.6) is 11.5 Å². The maximum Gasteiger partial charge on any atom is 0.219 e. The quantitative estimate of drug-likeness (QED) is 0.920. The first-order chi connectivity index (χ1) is 10.1. The molecule has 0 unspecified atom stereocenters. The summed E-state index contributed by atoms with van der Waals surface area (Å²) in [5.74, 6) is 0.903. The van der Waals surface area contributed by atoms with Crippen LogP contribution in [0.15, 0.2) is 18.2 Å². The summed E-state index contributed by atoms with van der Waals surface area (Å²) in [4.78, 5) is 15.6. The average molecular weight is 292 g/mol. The van der Waals surface area contributed by atoms with E-state index in [1.807, 2.05) is 24.0 Å². The van der Waals surface area contributed by atoms with Crippen LogP contribution in [-0.4, -0.2) is 53.6 Å². The van der Waals surface area contributed by atoms with Gasteiger partial charge in [-0.3, -0.25) is 9.69 Å². The molecule has 0 saturated carbocycles. The number of aromatic hydroxyl groups is 1. The first kappa shape index (κ1) is 15.6. The molecule has 0 aromatic heterocycles. The normalized spacial score (nSPS) is 16.6. The van der Waals surface area contributed by atoms with Gasteiger partial charge in [0.1, 0.15) is 0 Å². The molecule has 5 heteroatoms. The van der Waals surface area contributed by atoms with Gasteiger partial charge < -0.3 is 14.7 Å². The van der Waals surface area contributed by atoms with Gasteiger partial charge in [0.05, 0.1) is 6.61 Å². The number of hydrogen-bond donors (Lipinski definition) is 1. The molecule has 1 amide bonds. The Labute approximate surface area is 126 Å². The Morgan fingerprint density at radius 2 is 2.10 bits per heavy atom. The fourth-order valence-electron chi connectivity index (χ4n) is 2.65. The number of rotatable bonds is 4. The predicted molar refractivity (Wildman–Crippen MR) is 81.4 cm³/mol. The van der Waals surface area contributed by atoms with Crippen LogP contribution in [0.1, 0.15) is 25.8 Å². The van der Waals surface area contributed by atoms with E-state index in [0.717, 1.165) is 38.2 Å². The van der Waals surface area contributed by atoms with E-state index in [9.17, 15) is 9.90 Å². The number of para-hydroxylation sites is 1. The smallest absolute Gasteiger partial charge is 0.219 e. The minimum absolute atomic E-state index is 0.137. The lowest BCUT2D eigenvalue weighted by Gasteiger charge is -2.22. The topological polar surface area (TPSA) is 53.0 Å². The van der Waals surface area contributed by atoms with E-state index >= 15 is 0 Å². The van der Waals surface area contributed by atoms with Crippen molar-refractivity contribution in [1.29, 1.82) is 0 Å². The van der Waals surface area contributed by atoms with Gasteiger partial charge in [0.15, 0.2) is 11.5 Å². The second kappa shape index (κ2) is 7.31. The minimum atomic E-state index is 0.137. The molecule has 1 aliphatic heterocycles. The van der Waals surface area contributed by atoms with E-state index in [-0.39, 0.29) is 11.7 Å². The average Bonchev–Trinajstić information content (AvgIpc) is 2.69. The van der Waals surface area contributed by atoms with Crippen LogP contribution < -0.4 is 4.74 Å². The van der Waals surface area contributed by atoms with Crippen LogP contribution in [-0.2, 0) is 11.3 Å². The number of amides is 1. The maximum absolute atomic E-state index is 11.4. The lowest BCUT2D eigenvalue weighted by atomic mass is 10.1. The van der Waals surface area contributed by atoms with E-state index in [4.69, 9.17) is 4.74 Å². The van der Waals surface area contributed by atoms with E-state index < -0.39 is 0 Å². The van der Waals surface area contributed by atoms with Crippen LogP contribution in [0.2, 0.25) is 0 Å². The van der Waals surface area contributed by atoms with Gasteiger partial charge in [0.25, 0.3) is 0 Å². The highest BCUT2D eigenvalue weighted by molar-refractivity contribution is 5.73. The van der Waals surface area contributed by atoms with Crippen LogP contribution >= 0.6 is 0 Å². The number of phenols is 1. The molecule has 21 heavy (non-hydrogen) atoms. The van der Waals surface area contributed by atoms with Crippen LogP contribution in [0.4, 0.5) is 0 Å². The summed E-state index contributed by atoms with van der Waals surface area (Å²) < 4.78 is 5.42. The number of nitrogens with zero attached hydrogens (tertiary/aromatic N) is 2. The molecule has 1 saturated heterocycles. The van der Waals surface area contributed by atoms with Gasteiger partial charge in [-0.2, -0.15) is 0 Å². The highest BCUT2D eigenvalue weighted by atomic mass is 16.5. The summed E-state index contributed by atoms with van der Waals surface area (Å²) in [6.45, 7) is 8.06. The predicted octanol–water partition coefficient (Wildman–Crippen LogP) is 1.85. The molecule has 1 fully saturated rings. The Kier molecular flexibility index (Phi) is 5.44. The van der Waals surface area contributed by atoms with Gasteiger partial charge in [0, 0.05) is 45.2 Å². The molecule has 1 heterocycles. The van der Waals surface area contributed by atoms with Crippen molar-refractivity contribution >= 4 is 5.91 Å². The molecule has 1 aromatic rings. The van der Waals surface area contributed by atoms with Gasteiger partial charge >= 0.3 is 0 Å². The molecular formula is C16H24N2O3. The summed E-state index contributed by atoms with van der Waals surface area (Å²) in [6.07, 6.45) is 0.964. The number of phenolic OH excluding ortho intramolecular Hbond substituents is 1. The second-order valence-corrected chi connectivity index (χ2v) is 5.33. The van der Waals surface area contributed by atoms with Gasteiger partial charge in [-0.25, -0.2) is 0 Å². The largest absolute Gasteiger partial charge is 0.504 e. The SMILES string of the molecule is CCOc1cccc(CN2CCCN(C(C)=O)CC2)c1O. The van der Waals surface area contributed by atoms with Crippen molar-refractivity contribution in [3.63, 3.8) is 0 Å². The fourth-order valence-corrected chi connectivity index (χ4v) is 2.65. The Bertz CT molecular complexity index is 490. The highest BCUT2D eigenvalue weighted by Gasteiger charge is 2.18. The van der Waals surface area contributed by atoms with E-state index in [1.165, 1.54) is 0 Å². The number of hydrogen-bond acceptors (Lipinski definition) is 4. The summed E-state index contributed by atoms with van der Waals surface area (Å²) in [7, 11) is 0. The molecule has 5 nitrogen and oxygen atoms in total. The van der Waals surface area contributed by atoms with E-state index in [1.54, 1.807) is 13.0 Å². The van der Waals surface area contributed by atoms with Crippen molar-refractivity contribution in [2.75, 3.05) is 32.8 Å². The second-order valence-electron chi connectivity index (χ2n) is 5.33. The molecule has 2 rings (SSSR count). The molecule has 0 spiro atoms. The van der Waals surface area contributed by atoms with Crippen LogP contribution in [0, 0.1) is 0 Å². The van der Waals surface area contributed by atoms with E-state index in [0.29, 0.717) is 18.9 Å². The van der Waals surface area contributed by atoms with Gasteiger partial charge in [-0.15, -0.1) is 0 Å². The first-order valence-corrected chi connectivity index (χ1v) is 7.53. The van der Waals surface area contributed by atoms with Gasteiger partial charge in [-0.05, 0) is 19.4 Å². The van der Waals surface area contributed by atoms with E-state index in [2.05, 4.69) is 4.90 Å². The molecule has 0 aliphatic carbocycles. The fraction of sp³-hybridized carbons (Fsp3) is 0.562. The number of benzene rings is 1. The zero-order chi connectivity index (χ0) is 15.2. The molecular weight excluding hydrogens is 268 g/mol. The third kappa shape index (κ3) is 4.11. The van der Waals surface area contributed by atoms with Crippen LogP contribution in [0.25, 0.3) is 0 Å². The van der Waals surface area contributed by atoms with Crippen molar-refractivity contribution in [2.24, 2.45) is 0 Å². The molecule has 0 bridgehead atoms. The molecule has 0 radical (unpaired) electrons. The standard InChI is InChI=1S/C16H24N2O3/c1-3-21-15-7-4-6-14(16(15)20)12-17-8-5-9-18(11-10-17)13(2)19/h4,6-7,20H,3,5,8-12H2,1-2H3. The van der Waals surface area contributed by atoms with Crippen molar-refractivity contribution < 1.29 is 14.6 Å². The first-order valence-electron chi connectivity index (χ1n) is 7.53. The number of ether oxygens (including phenoxy) is 1. The van der Waals surface area contributed by atoms with Crippen molar-refractivity contribution in [3.05, 3.63) is 23.8 Å². The van der Waals surface area contributed by atoms with Crippen molar-refractivity contribution in [1.82, 2.24) is 9.80 Å². The minimum Gasteiger partial charge on any atom is -0.504 e. The zero-order valence-electron chi connectivity index (χ0n) is 12.8. The summed E-state index contributed by atoms with van der Waals surface area (Å²) >= 11 is 0.